The standard InChI is InChI=1S/C15H13BrClNO2/c1-9(10-2-5-12(16)6-3-10)18-14-7-4-11(15(19)20)8-13(14)17/h2-9,18H,1H3,(H,19,20). The number of aromatic carboxylic acids is 1. The van der Waals surface area contributed by atoms with Gasteiger partial charge in [-0.05, 0) is 42.8 Å². The second-order valence-electron chi connectivity index (χ2n) is 4.42. The molecule has 0 spiro atoms. The highest BCUT2D eigenvalue weighted by atomic mass is 79.9. The predicted molar refractivity (Wildman–Crippen MR) is 84.6 cm³/mol. The molecule has 1 unspecified atom stereocenters. The van der Waals surface area contributed by atoms with Gasteiger partial charge in [0.25, 0.3) is 0 Å². The van der Waals surface area contributed by atoms with Gasteiger partial charge in [0.15, 0.2) is 0 Å². The average Bonchev–Trinajstić information content (AvgIpc) is 2.41. The Morgan fingerprint density at radius 3 is 2.45 bits per heavy atom. The maximum Gasteiger partial charge on any atom is 0.335 e. The molecule has 0 heterocycles. The van der Waals surface area contributed by atoms with Crippen molar-refractivity contribution in [3.05, 3.63) is 63.1 Å². The third-order valence-electron chi connectivity index (χ3n) is 2.96. The zero-order chi connectivity index (χ0) is 14.7. The van der Waals surface area contributed by atoms with Crippen LogP contribution in [0, 0.1) is 0 Å². The topological polar surface area (TPSA) is 49.3 Å². The number of hydrogen-bond donors (Lipinski definition) is 2. The molecule has 2 N–H and O–H groups in total. The average molecular weight is 355 g/mol. The normalized spacial score (nSPS) is 11.9. The molecule has 2 aromatic carbocycles. The summed E-state index contributed by atoms with van der Waals surface area (Å²) in [6.45, 7) is 2.02. The highest BCUT2D eigenvalue weighted by molar-refractivity contribution is 9.10. The molecule has 0 aliphatic rings. The first-order valence-corrected chi connectivity index (χ1v) is 7.19. The summed E-state index contributed by atoms with van der Waals surface area (Å²) >= 11 is 9.49. The first-order valence-electron chi connectivity index (χ1n) is 6.02. The van der Waals surface area contributed by atoms with E-state index in [1.807, 2.05) is 31.2 Å². The van der Waals surface area contributed by atoms with Gasteiger partial charge in [-0.1, -0.05) is 39.7 Å². The van der Waals surface area contributed by atoms with Crippen LogP contribution in [0.3, 0.4) is 0 Å². The van der Waals surface area contributed by atoms with E-state index in [1.165, 1.54) is 12.1 Å². The SMILES string of the molecule is CC(Nc1ccc(C(=O)O)cc1Cl)c1ccc(Br)cc1. The van der Waals surface area contributed by atoms with Crippen molar-refractivity contribution >= 4 is 39.2 Å². The van der Waals surface area contributed by atoms with Crippen molar-refractivity contribution < 1.29 is 9.90 Å². The van der Waals surface area contributed by atoms with Crippen molar-refractivity contribution in [2.24, 2.45) is 0 Å². The van der Waals surface area contributed by atoms with Gasteiger partial charge in [-0.15, -0.1) is 0 Å². The molecule has 3 nitrogen and oxygen atoms in total. The Bertz CT molecular complexity index is 628. The van der Waals surface area contributed by atoms with Gasteiger partial charge in [0.2, 0.25) is 0 Å². The summed E-state index contributed by atoms with van der Waals surface area (Å²) in [7, 11) is 0. The van der Waals surface area contributed by atoms with E-state index >= 15 is 0 Å². The van der Waals surface area contributed by atoms with Crippen molar-refractivity contribution in [2.45, 2.75) is 13.0 Å². The number of nitrogens with one attached hydrogen (secondary N) is 1. The highest BCUT2D eigenvalue weighted by Crippen LogP contribution is 2.27. The van der Waals surface area contributed by atoms with E-state index in [1.54, 1.807) is 6.07 Å². The summed E-state index contributed by atoms with van der Waals surface area (Å²) in [5.41, 5.74) is 2.01. The van der Waals surface area contributed by atoms with Crippen molar-refractivity contribution in [1.82, 2.24) is 0 Å². The van der Waals surface area contributed by atoms with Gasteiger partial charge in [0, 0.05) is 10.5 Å². The van der Waals surface area contributed by atoms with Gasteiger partial charge in [-0.25, -0.2) is 4.79 Å². The lowest BCUT2D eigenvalue weighted by Gasteiger charge is -2.17. The Morgan fingerprint density at radius 1 is 1.25 bits per heavy atom. The molecular formula is C15H13BrClNO2. The molecule has 2 aromatic rings. The molecule has 2 rings (SSSR count). The number of benzene rings is 2. The van der Waals surface area contributed by atoms with Crippen LogP contribution in [0.25, 0.3) is 0 Å². The number of halogens is 2. The smallest absolute Gasteiger partial charge is 0.335 e. The van der Waals surface area contributed by atoms with E-state index in [9.17, 15) is 4.79 Å². The van der Waals surface area contributed by atoms with Crippen molar-refractivity contribution in [2.75, 3.05) is 5.32 Å². The van der Waals surface area contributed by atoms with E-state index in [0.717, 1.165) is 10.0 Å². The van der Waals surface area contributed by atoms with E-state index < -0.39 is 5.97 Å². The van der Waals surface area contributed by atoms with Crippen molar-refractivity contribution in [1.29, 1.82) is 0 Å². The Balaban J connectivity index is 2.17. The first-order chi connectivity index (χ1) is 9.47. The summed E-state index contributed by atoms with van der Waals surface area (Å²) in [4.78, 5) is 10.9. The fourth-order valence-corrected chi connectivity index (χ4v) is 2.33. The number of carboxylic acids is 1. The second-order valence-corrected chi connectivity index (χ2v) is 5.74. The molecule has 20 heavy (non-hydrogen) atoms. The zero-order valence-corrected chi connectivity index (χ0v) is 13.1. The maximum absolute atomic E-state index is 10.9. The molecule has 0 amide bonds. The fraction of sp³-hybridized carbons (Fsp3) is 0.133. The molecule has 0 aliphatic carbocycles. The summed E-state index contributed by atoms with van der Waals surface area (Å²) in [5, 5.41) is 12.6. The van der Waals surface area contributed by atoms with Crippen molar-refractivity contribution in [3.8, 4) is 0 Å². The van der Waals surface area contributed by atoms with E-state index in [4.69, 9.17) is 16.7 Å². The van der Waals surface area contributed by atoms with Crippen LogP contribution in [0.1, 0.15) is 28.9 Å². The zero-order valence-electron chi connectivity index (χ0n) is 10.7. The second kappa shape index (κ2) is 6.29. The number of rotatable bonds is 4. The van der Waals surface area contributed by atoms with Crippen LogP contribution in [0.15, 0.2) is 46.9 Å². The molecule has 0 radical (unpaired) electrons. The Hall–Kier alpha value is -1.52. The molecule has 5 heteroatoms. The van der Waals surface area contributed by atoms with E-state index in [2.05, 4.69) is 21.2 Å². The number of carbonyl (C=O) groups is 1. The van der Waals surface area contributed by atoms with Crippen LogP contribution >= 0.6 is 27.5 Å². The minimum atomic E-state index is -0.987. The molecule has 0 aromatic heterocycles. The van der Waals surface area contributed by atoms with Crippen molar-refractivity contribution in [3.63, 3.8) is 0 Å². The molecule has 0 bridgehead atoms. The fourth-order valence-electron chi connectivity index (χ4n) is 1.83. The molecule has 0 saturated carbocycles. The molecule has 0 saturated heterocycles. The van der Waals surface area contributed by atoms with Crippen LogP contribution in [0.4, 0.5) is 5.69 Å². The summed E-state index contributed by atoms with van der Waals surface area (Å²) < 4.78 is 1.03. The van der Waals surface area contributed by atoms with Gasteiger partial charge >= 0.3 is 5.97 Å². The molecule has 0 aliphatic heterocycles. The molecule has 1 atom stereocenters. The molecule has 104 valence electrons. The van der Waals surface area contributed by atoms with Crippen LogP contribution in [0.2, 0.25) is 5.02 Å². The van der Waals surface area contributed by atoms with Crippen LogP contribution in [-0.2, 0) is 0 Å². The Morgan fingerprint density at radius 2 is 1.90 bits per heavy atom. The first kappa shape index (κ1) is 14.9. The van der Waals surface area contributed by atoms with Crippen LogP contribution in [-0.4, -0.2) is 11.1 Å². The van der Waals surface area contributed by atoms with Gasteiger partial charge in [-0.2, -0.15) is 0 Å². The third-order valence-corrected chi connectivity index (χ3v) is 3.80. The Labute approximate surface area is 130 Å². The van der Waals surface area contributed by atoms with Crippen LogP contribution < -0.4 is 5.32 Å². The van der Waals surface area contributed by atoms with E-state index in [-0.39, 0.29) is 11.6 Å². The Kier molecular flexibility index (Phi) is 4.68. The third kappa shape index (κ3) is 3.52. The molecular weight excluding hydrogens is 342 g/mol. The minimum absolute atomic E-state index is 0.0660. The monoisotopic (exact) mass is 353 g/mol. The summed E-state index contributed by atoms with van der Waals surface area (Å²) in [6, 6.07) is 12.7. The quantitative estimate of drug-likeness (QED) is 0.814. The van der Waals surface area contributed by atoms with Gasteiger partial charge < -0.3 is 10.4 Å². The maximum atomic E-state index is 10.9. The van der Waals surface area contributed by atoms with Gasteiger partial charge in [0.05, 0.1) is 16.3 Å². The van der Waals surface area contributed by atoms with Crippen LogP contribution in [0.5, 0.6) is 0 Å². The highest BCUT2D eigenvalue weighted by Gasteiger charge is 2.10. The lowest BCUT2D eigenvalue weighted by Crippen LogP contribution is -2.07. The number of carboxylic acid groups (broad SMARTS) is 1. The summed E-state index contributed by atoms with van der Waals surface area (Å²) in [5.74, 6) is -0.987. The van der Waals surface area contributed by atoms with Gasteiger partial charge in [-0.3, -0.25) is 0 Å². The largest absolute Gasteiger partial charge is 0.478 e. The lowest BCUT2D eigenvalue weighted by molar-refractivity contribution is 0.0697. The molecule has 0 fully saturated rings. The van der Waals surface area contributed by atoms with Gasteiger partial charge in [0.1, 0.15) is 0 Å². The number of anilines is 1. The summed E-state index contributed by atoms with van der Waals surface area (Å²) in [6.07, 6.45) is 0. The lowest BCUT2D eigenvalue weighted by atomic mass is 10.1. The minimum Gasteiger partial charge on any atom is -0.478 e. The predicted octanol–water partition coefficient (Wildman–Crippen LogP) is 4.97. The number of hydrogen-bond acceptors (Lipinski definition) is 2. The van der Waals surface area contributed by atoms with E-state index in [0.29, 0.717) is 10.7 Å².